The van der Waals surface area contributed by atoms with Crippen LogP contribution in [0.15, 0.2) is 54.1 Å². The van der Waals surface area contributed by atoms with Crippen LogP contribution in [-0.4, -0.2) is 60.4 Å². The fraction of sp³-hybridized carbons (Fsp3) is 0.407. The highest BCUT2D eigenvalue weighted by molar-refractivity contribution is 6.46. The molecule has 0 bridgehead atoms. The molecular weight excluding hydrogens is 435 g/mol. The summed E-state index contributed by atoms with van der Waals surface area (Å²) >= 11 is 0. The first kappa shape index (κ1) is 25.4. The van der Waals surface area contributed by atoms with Gasteiger partial charge in [0.15, 0.2) is 0 Å². The Bertz CT molecular complexity index is 1050. The lowest BCUT2D eigenvalue weighted by molar-refractivity contribution is -0.139. The van der Waals surface area contributed by atoms with Crippen LogP contribution in [0.2, 0.25) is 0 Å². The largest absolute Gasteiger partial charge is 0.507 e. The van der Waals surface area contributed by atoms with Crippen molar-refractivity contribution in [1.82, 2.24) is 9.80 Å². The third-order valence-corrected chi connectivity index (χ3v) is 5.80. The van der Waals surface area contributed by atoms with E-state index in [0.717, 1.165) is 13.0 Å². The quantitative estimate of drug-likeness (QED) is 0.313. The molecule has 182 valence electrons. The number of rotatable bonds is 10. The van der Waals surface area contributed by atoms with Gasteiger partial charge in [0.25, 0.3) is 11.7 Å². The molecule has 2 aromatic carbocycles. The van der Waals surface area contributed by atoms with Crippen LogP contribution < -0.4 is 4.74 Å². The van der Waals surface area contributed by atoms with Crippen LogP contribution in [0, 0.1) is 11.7 Å². The van der Waals surface area contributed by atoms with Crippen LogP contribution in [0.1, 0.15) is 43.9 Å². The van der Waals surface area contributed by atoms with Gasteiger partial charge in [-0.1, -0.05) is 26.0 Å². The minimum Gasteiger partial charge on any atom is -0.507 e. The first-order chi connectivity index (χ1) is 16.2. The summed E-state index contributed by atoms with van der Waals surface area (Å²) < 4.78 is 19.3. The standard InChI is InChI=1S/C27H33FN2O4/c1-18(2)13-16-34-22-8-5-7-20(17-22)24-23(25(31)19-9-11-21(28)12-10-19)26(32)27(33)30(24)15-6-14-29(3)4/h5,7-12,17-18,24,31H,6,13-16H2,1-4H3. The lowest BCUT2D eigenvalue weighted by Crippen LogP contribution is -2.32. The van der Waals surface area contributed by atoms with E-state index in [1.165, 1.54) is 29.2 Å². The Hall–Kier alpha value is -3.19. The Morgan fingerprint density at radius 2 is 1.85 bits per heavy atom. The average Bonchev–Trinajstić information content (AvgIpc) is 3.04. The van der Waals surface area contributed by atoms with Gasteiger partial charge in [-0.2, -0.15) is 0 Å². The van der Waals surface area contributed by atoms with E-state index in [9.17, 15) is 19.1 Å². The Labute approximate surface area is 200 Å². The third-order valence-electron chi connectivity index (χ3n) is 5.80. The van der Waals surface area contributed by atoms with Crippen molar-refractivity contribution in [1.29, 1.82) is 0 Å². The SMILES string of the molecule is CC(C)CCOc1cccc(C2C(=C(O)c3ccc(F)cc3)C(=O)C(=O)N2CCCN(C)C)c1. The number of halogens is 1. The van der Waals surface area contributed by atoms with Gasteiger partial charge in [-0.15, -0.1) is 0 Å². The van der Waals surface area contributed by atoms with Crippen molar-refractivity contribution >= 4 is 17.4 Å². The molecule has 7 heteroatoms. The first-order valence-corrected chi connectivity index (χ1v) is 11.6. The lowest BCUT2D eigenvalue weighted by Gasteiger charge is -2.26. The van der Waals surface area contributed by atoms with E-state index in [4.69, 9.17) is 4.74 Å². The van der Waals surface area contributed by atoms with Gasteiger partial charge < -0.3 is 19.6 Å². The molecular formula is C27H33FN2O4. The number of hydrogen-bond acceptors (Lipinski definition) is 5. The van der Waals surface area contributed by atoms with Gasteiger partial charge in [0.2, 0.25) is 0 Å². The molecule has 3 rings (SSSR count). The van der Waals surface area contributed by atoms with Crippen LogP contribution in [-0.2, 0) is 9.59 Å². The van der Waals surface area contributed by atoms with E-state index in [1.807, 2.05) is 43.3 Å². The number of nitrogens with zero attached hydrogens (tertiary/aromatic N) is 2. The molecule has 6 nitrogen and oxygen atoms in total. The molecule has 0 saturated carbocycles. The Morgan fingerprint density at radius 1 is 1.15 bits per heavy atom. The number of aliphatic hydroxyl groups excluding tert-OH is 1. The van der Waals surface area contributed by atoms with Crippen LogP contribution in [0.4, 0.5) is 4.39 Å². The second kappa shape index (κ2) is 11.3. The summed E-state index contributed by atoms with van der Waals surface area (Å²) in [4.78, 5) is 29.6. The fourth-order valence-corrected chi connectivity index (χ4v) is 3.96. The number of likely N-dealkylation sites (tertiary alicyclic amines) is 1. The molecule has 0 aliphatic carbocycles. The summed E-state index contributed by atoms with van der Waals surface area (Å²) in [6.07, 6.45) is 1.56. The molecule has 2 aromatic rings. The zero-order chi connectivity index (χ0) is 24.8. The molecule has 1 saturated heterocycles. The van der Waals surface area contributed by atoms with E-state index in [-0.39, 0.29) is 16.9 Å². The van der Waals surface area contributed by atoms with Crippen molar-refractivity contribution < 1.29 is 23.8 Å². The number of hydrogen-bond donors (Lipinski definition) is 1. The summed E-state index contributed by atoms with van der Waals surface area (Å²) in [6, 6.07) is 11.7. The molecule has 0 aromatic heterocycles. The Balaban J connectivity index is 2.02. The summed E-state index contributed by atoms with van der Waals surface area (Å²) in [6.45, 7) is 5.89. The van der Waals surface area contributed by atoms with Gasteiger partial charge >= 0.3 is 0 Å². The molecule has 1 N–H and O–H groups in total. The third kappa shape index (κ3) is 6.03. The fourth-order valence-electron chi connectivity index (χ4n) is 3.96. The van der Waals surface area contributed by atoms with Crippen molar-refractivity contribution in [3.63, 3.8) is 0 Å². The van der Waals surface area contributed by atoms with Crippen molar-refractivity contribution in [2.24, 2.45) is 5.92 Å². The van der Waals surface area contributed by atoms with E-state index in [1.54, 1.807) is 0 Å². The lowest BCUT2D eigenvalue weighted by atomic mass is 9.95. The molecule has 1 atom stereocenters. The highest BCUT2D eigenvalue weighted by Gasteiger charge is 2.45. The number of benzene rings is 2. The van der Waals surface area contributed by atoms with Gasteiger partial charge in [0.1, 0.15) is 17.3 Å². The number of ketones is 1. The topological polar surface area (TPSA) is 70.1 Å². The highest BCUT2D eigenvalue weighted by Crippen LogP contribution is 2.40. The van der Waals surface area contributed by atoms with Crippen LogP contribution in [0.5, 0.6) is 5.75 Å². The maximum atomic E-state index is 13.4. The second-order valence-corrected chi connectivity index (χ2v) is 9.26. The Kier molecular flexibility index (Phi) is 8.45. The minimum atomic E-state index is -0.763. The van der Waals surface area contributed by atoms with Gasteiger partial charge in [0.05, 0.1) is 18.2 Å². The van der Waals surface area contributed by atoms with Gasteiger partial charge in [0, 0.05) is 12.1 Å². The number of ether oxygens (including phenoxy) is 1. The average molecular weight is 469 g/mol. The smallest absolute Gasteiger partial charge is 0.295 e. The van der Waals surface area contributed by atoms with E-state index >= 15 is 0 Å². The molecule has 1 aliphatic heterocycles. The number of carbonyl (C=O) groups is 2. The van der Waals surface area contributed by atoms with Gasteiger partial charge in [-0.05, 0) is 81.4 Å². The highest BCUT2D eigenvalue weighted by atomic mass is 19.1. The summed E-state index contributed by atoms with van der Waals surface area (Å²) in [7, 11) is 3.89. The van der Waals surface area contributed by atoms with Gasteiger partial charge in [-0.25, -0.2) is 4.39 Å². The zero-order valence-electron chi connectivity index (χ0n) is 20.3. The monoisotopic (exact) mass is 468 g/mol. The minimum absolute atomic E-state index is 0.000733. The maximum Gasteiger partial charge on any atom is 0.295 e. The molecule has 1 amide bonds. The number of carbonyl (C=O) groups excluding carboxylic acids is 2. The van der Waals surface area contributed by atoms with E-state index in [0.29, 0.717) is 36.8 Å². The van der Waals surface area contributed by atoms with Crippen LogP contribution in [0.25, 0.3) is 5.76 Å². The second-order valence-electron chi connectivity index (χ2n) is 9.26. The summed E-state index contributed by atoms with van der Waals surface area (Å²) in [5.41, 5.74) is 0.956. The molecule has 34 heavy (non-hydrogen) atoms. The summed E-state index contributed by atoms with van der Waals surface area (Å²) in [5.74, 6) is -1.03. The predicted octanol–water partition coefficient (Wildman–Crippen LogP) is 4.62. The van der Waals surface area contributed by atoms with Crippen molar-refractivity contribution in [2.45, 2.75) is 32.7 Å². The normalized spacial score (nSPS) is 17.7. The van der Waals surface area contributed by atoms with Gasteiger partial charge in [-0.3, -0.25) is 9.59 Å². The molecule has 1 heterocycles. The maximum absolute atomic E-state index is 13.4. The molecule has 0 spiro atoms. The predicted molar refractivity (Wildman–Crippen MR) is 130 cm³/mol. The Morgan fingerprint density at radius 3 is 2.50 bits per heavy atom. The van der Waals surface area contributed by atoms with Crippen LogP contribution >= 0.6 is 0 Å². The van der Waals surface area contributed by atoms with Crippen LogP contribution in [0.3, 0.4) is 0 Å². The van der Waals surface area contributed by atoms with Crippen molar-refractivity contribution in [3.8, 4) is 5.75 Å². The molecule has 0 radical (unpaired) electrons. The van der Waals surface area contributed by atoms with Crippen molar-refractivity contribution in [3.05, 3.63) is 71.0 Å². The summed E-state index contributed by atoms with van der Waals surface area (Å²) in [5, 5.41) is 11.1. The number of amides is 1. The van der Waals surface area contributed by atoms with Crippen molar-refractivity contribution in [2.75, 3.05) is 33.8 Å². The van der Waals surface area contributed by atoms with E-state index in [2.05, 4.69) is 13.8 Å². The number of aliphatic hydroxyl groups is 1. The van der Waals surface area contributed by atoms with E-state index < -0.39 is 23.5 Å². The first-order valence-electron chi connectivity index (χ1n) is 11.6. The number of Topliss-reactive ketones (excluding diaryl/α,β-unsaturated/α-hetero) is 1. The zero-order valence-corrected chi connectivity index (χ0v) is 20.3. The molecule has 1 fully saturated rings. The molecule has 1 unspecified atom stereocenters. The molecule has 1 aliphatic rings.